The molecular weight excluding hydrogens is 244 g/mol. The van der Waals surface area contributed by atoms with Crippen molar-refractivity contribution in [2.45, 2.75) is 13.0 Å². The molecule has 2 rings (SSSR count). The van der Waals surface area contributed by atoms with Crippen LogP contribution in [0.25, 0.3) is 10.9 Å². The molecule has 19 heavy (non-hydrogen) atoms. The van der Waals surface area contributed by atoms with Crippen molar-refractivity contribution in [3.05, 3.63) is 30.0 Å². The third kappa shape index (κ3) is 2.29. The zero-order valence-electron chi connectivity index (χ0n) is 11.3. The van der Waals surface area contributed by atoms with Gasteiger partial charge in [0, 0.05) is 24.2 Å². The standard InChI is InChI=1S/C14H18N2O3/c1-4-19-14(17)12(15)10-8-16(2)13-9(10)6-5-7-11(13)18-3/h5-8,12H,4,15H2,1-3H3. The van der Waals surface area contributed by atoms with Crippen LogP contribution in [0.2, 0.25) is 0 Å². The molecule has 102 valence electrons. The van der Waals surface area contributed by atoms with Crippen molar-refractivity contribution in [2.24, 2.45) is 12.8 Å². The number of benzene rings is 1. The van der Waals surface area contributed by atoms with Gasteiger partial charge in [-0.05, 0) is 13.0 Å². The maximum absolute atomic E-state index is 11.8. The Morgan fingerprint density at radius 1 is 1.47 bits per heavy atom. The normalized spacial score (nSPS) is 12.4. The van der Waals surface area contributed by atoms with Gasteiger partial charge in [0.15, 0.2) is 0 Å². The lowest BCUT2D eigenvalue weighted by Crippen LogP contribution is -2.23. The first-order valence-electron chi connectivity index (χ1n) is 6.14. The Morgan fingerprint density at radius 3 is 2.84 bits per heavy atom. The van der Waals surface area contributed by atoms with E-state index in [0.29, 0.717) is 6.61 Å². The summed E-state index contributed by atoms with van der Waals surface area (Å²) in [6.07, 6.45) is 1.84. The topological polar surface area (TPSA) is 66.5 Å². The molecule has 1 atom stereocenters. The predicted octanol–water partition coefficient (Wildman–Crippen LogP) is 1.75. The van der Waals surface area contributed by atoms with Crippen LogP contribution in [0.3, 0.4) is 0 Å². The first-order valence-corrected chi connectivity index (χ1v) is 6.14. The van der Waals surface area contributed by atoms with Crippen LogP contribution in [0.5, 0.6) is 5.75 Å². The van der Waals surface area contributed by atoms with Gasteiger partial charge in [-0.2, -0.15) is 0 Å². The van der Waals surface area contributed by atoms with E-state index in [2.05, 4.69) is 0 Å². The lowest BCUT2D eigenvalue weighted by molar-refractivity contribution is -0.144. The van der Waals surface area contributed by atoms with Crippen LogP contribution in [0.4, 0.5) is 0 Å². The Labute approximate surface area is 111 Å². The van der Waals surface area contributed by atoms with Crippen molar-refractivity contribution in [2.75, 3.05) is 13.7 Å². The van der Waals surface area contributed by atoms with Gasteiger partial charge in [0.25, 0.3) is 0 Å². The highest BCUT2D eigenvalue weighted by atomic mass is 16.5. The van der Waals surface area contributed by atoms with Gasteiger partial charge in [-0.3, -0.25) is 0 Å². The number of esters is 1. The number of aromatic nitrogens is 1. The fraction of sp³-hybridized carbons (Fsp3) is 0.357. The van der Waals surface area contributed by atoms with Crippen LogP contribution in [0, 0.1) is 0 Å². The van der Waals surface area contributed by atoms with Crippen LogP contribution in [-0.4, -0.2) is 24.3 Å². The highest BCUT2D eigenvalue weighted by Gasteiger charge is 2.22. The summed E-state index contributed by atoms with van der Waals surface area (Å²) in [5.74, 6) is 0.333. The molecule has 0 saturated carbocycles. The van der Waals surface area contributed by atoms with E-state index in [1.165, 1.54) is 0 Å². The summed E-state index contributed by atoms with van der Waals surface area (Å²) < 4.78 is 12.2. The molecule has 1 aromatic heterocycles. The maximum atomic E-state index is 11.8. The van der Waals surface area contributed by atoms with E-state index in [-0.39, 0.29) is 0 Å². The summed E-state index contributed by atoms with van der Waals surface area (Å²) in [7, 11) is 3.51. The second-order valence-corrected chi connectivity index (χ2v) is 4.28. The van der Waals surface area contributed by atoms with E-state index in [1.54, 1.807) is 14.0 Å². The van der Waals surface area contributed by atoms with E-state index in [4.69, 9.17) is 15.2 Å². The van der Waals surface area contributed by atoms with E-state index in [1.807, 2.05) is 36.0 Å². The lowest BCUT2D eigenvalue weighted by atomic mass is 10.1. The SMILES string of the molecule is CCOC(=O)C(N)c1cn(C)c2c(OC)cccc12. The van der Waals surface area contributed by atoms with Crippen LogP contribution in [0.1, 0.15) is 18.5 Å². The predicted molar refractivity (Wildman–Crippen MR) is 73.0 cm³/mol. The first kappa shape index (κ1) is 13.4. The van der Waals surface area contributed by atoms with Gasteiger partial charge in [-0.25, -0.2) is 4.79 Å². The van der Waals surface area contributed by atoms with E-state index >= 15 is 0 Å². The molecule has 5 heteroatoms. The minimum atomic E-state index is -0.782. The molecule has 2 N–H and O–H groups in total. The number of hydrogen-bond donors (Lipinski definition) is 1. The van der Waals surface area contributed by atoms with Crippen molar-refractivity contribution in [3.8, 4) is 5.75 Å². The molecule has 1 heterocycles. The van der Waals surface area contributed by atoms with E-state index in [9.17, 15) is 4.79 Å². The quantitative estimate of drug-likeness (QED) is 0.852. The molecule has 1 aromatic carbocycles. The van der Waals surface area contributed by atoms with Crippen molar-refractivity contribution in [3.63, 3.8) is 0 Å². The Bertz CT molecular complexity index is 604. The molecule has 2 aromatic rings. The average Bonchev–Trinajstić information content (AvgIpc) is 2.76. The second-order valence-electron chi connectivity index (χ2n) is 4.28. The number of fused-ring (bicyclic) bond motifs is 1. The van der Waals surface area contributed by atoms with Crippen molar-refractivity contribution in [1.29, 1.82) is 0 Å². The molecule has 5 nitrogen and oxygen atoms in total. The maximum Gasteiger partial charge on any atom is 0.327 e. The number of carbonyl (C=O) groups excluding carboxylic acids is 1. The van der Waals surface area contributed by atoms with E-state index < -0.39 is 12.0 Å². The fourth-order valence-corrected chi connectivity index (χ4v) is 2.23. The van der Waals surface area contributed by atoms with Gasteiger partial charge in [-0.15, -0.1) is 0 Å². The molecule has 0 fully saturated rings. The zero-order chi connectivity index (χ0) is 14.0. The molecule has 0 aliphatic heterocycles. The smallest absolute Gasteiger partial charge is 0.327 e. The number of ether oxygens (including phenoxy) is 2. The van der Waals surface area contributed by atoms with Crippen molar-refractivity contribution in [1.82, 2.24) is 4.57 Å². The number of nitrogens with two attached hydrogens (primary N) is 1. The highest BCUT2D eigenvalue weighted by Crippen LogP contribution is 2.31. The van der Waals surface area contributed by atoms with Crippen LogP contribution < -0.4 is 10.5 Å². The van der Waals surface area contributed by atoms with Crippen molar-refractivity contribution >= 4 is 16.9 Å². The van der Waals surface area contributed by atoms with Gasteiger partial charge in [0.05, 0.1) is 19.2 Å². The summed E-state index contributed by atoms with van der Waals surface area (Å²) in [6, 6.07) is 4.90. The van der Waals surface area contributed by atoms with Gasteiger partial charge in [-0.1, -0.05) is 12.1 Å². The number of rotatable bonds is 4. The Morgan fingerprint density at radius 2 is 2.21 bits per heavy atom. The van der Waals surface area contributed by atoms with Crippen LogP contribution in [0.15, 0.2) is 24.4 Å². The molecule has 0 spiro atoms. The molecule has 0 saturated heterocycles. The van der Waals surface area contributed by atoms with E-state index in [0.717, 1.165) is 22.2 Å². The molecule has 0 aliphatic rings. The summed E-state index contributed by atoms with van der Waals surface area (Å²) in [5, 5.41) is 0.905. The third-order valence-corrected chi connectivity index (χ3v) is 3.09. The molecule has 0 aliphatic carbocycles. The van der Waals surface area contributed by atoms with Gasteiger partial charge in [0.2, 0.25) is 0 Å². The monoisotopic (exact) mass is 262 g/mol. The first-order chi connectivity index (χ1) is 9.10. The second kappa shape index (κ2) is 5.32. The minimum Gasteiger partial charge on any atom is -0.495 e. The Kier molecular flexibility index (Phi) is 3.76. The molecular formula is C14H18N2O3. The van der Waals surface area contributed by atoms with Crippen LogP contribution in [-0.2, 0) is 16.6 Å². The number of methoxy groups -OCH3 is 1. The highest BCUT2D eigenvalue weighted by molar-refractivity contribution is 5.93. The lowest BCUT2D eigenvalue weighted by Gasteiger charge is -2.09. The summed E-state index contributed by atoms with van der Waals surface area (Å²) in [4.78, 5) is 11.8. The molecule has 0 bridgehead atoms. The molecule has 1 unspecified atom stereocenters. The number of hydrogen-bond acceptors (Lipinski definition) is 4. The summed E-state index contributed by atoms with van der Waals surface area (Å²) >= 11 is 0. The Hall–Kier alpha value is -2.01. The van der Waals surface area contributed by atoms with Gasteiger partial charge >= 0.3 is 5.97 Å². The number of nitrogens with zero attached hydrogens (tertiary/aromatic N) is 1. The summed E-state index contributed by atoms with van der Waals surface area (Å²) in [5.41, 5.74) is 7.63. The number of carbonyl (C=O) groups is 1. The number of aryl methyl sites for hydroxylation is 1. The van der Waals surface area contributed by atoms with Gasteiger partial charge in [0.1, 0.15) is 11.8 Å². The summed E-state index contributed by atoms with van der Waals surface area (Å²) in [6.45, 7) is 2.08. The molecule has 0 amide bonds. The van der Waals surface area contributed by atoms with Gasteiger partial charge < -0.3 is 19.8 Å². The average molecular weight is 262 g/mol. The van der Waals surface area contributed by atoms with Crippen molar-refractivity contribution < 1.29 is 14.3 Å². The third-order valence-electron chi connectivity index (χ3n) is 3.09. The molecule has 0 radical (unpaired) electrons. The number of para-hydroxylation sites is 1. The minimum absolute atomic E-state index is 0.320. The zero-order valence-corrected chi connectivity index (χ0v) is 11.3. The van der Waals surface area contributed by atoms with Crippen LogP contribution >= 0.6 is 0 Å². The Balaban J connectivity index is 2.54. The largest absolute Gasteiger partial charge is 0.495 e. The fourth-order valence-electron chi connectivity index (χ4n) is 2.23.